The standard InChI is InChI=1S/C14H12F3NO2/c15-14(16,17)10-3-9-4-11(6-18)20-13(9)12(5-10)8-1-2-19-7-8/h1-3,5,7,11H,4,6,18H2. The van der Waals surface area contributed by atoms with Crippen molar-refractivity contribution in [3.63, 3.8) is 0 Å². The molecule has 0 spiro atoms. The monoisotopic (exact) mass is 283 g/mol. The number of rotatable bonds is 2. The maximum atomic E-state index is 13.0. The molecule has 6 heteroatoms. The molecule has 1 aromatic heterocycles. The van der Waals surface area contributed by atoms with Crippen LogP contribution in [0.25, 0.3) is 11.1 Å². The van der Waals surface area contributed by atoms with Gasteiger partial charge in [0, 0.05) is 24.1 Å². The van der Waals surface area contributed by atoms with E-state index in [-0.39, 0.29) is 12.6 Å². The van der Waals surface area contributed by atoms with Crippen molar-refractivity contribution >= 4 is 0 Å². The molecule has 0 bridgehead atoms. The minimum Gasteiger partial charge on any atom is -0.488 e. The number of hydrogen-bond acceptors (Lipinski definition) is 3. The number of halogens is 3. The van der Waals surface area contributed by atoms with Crippen molar-refractivity contribution in [2.45, 2.75) is 18.7 Å². The topological polar surface area (TPSA) is 48.4 Å². The molecule has 0 radical (unpaired) electrons. The number of fused-ring (bicyclic) bond motifs is 1. The van der Waals surface area contributed by atoms with Gasteiger partial charge < -0.3 is 14.9 Å². The van der Waals surface area contributed by atoms with Crippen molar-refractivity contribution in [1.29, 1.82) is 0 Å². The van der Waals surface area contributed by atoms with Crippen molar-refractivity contribution in [3.05, 3.63) is 41.9 Å². The van der Waals surface area contributed by atoms with Crippen LogP contribution in [0, 0.1) is 0 Å². The average molecular weight is 283 g/mol. The summed E-state index contributed by atoms with van der Waals surface area (Å²) in [5.41, 5.74) is 6.34. The Bertz CT molecular complexity index is 620. The van der Waals surface area contributed by atoms with Crippen LogP contribution >= 0.6 is 0 Å². The Hall–Kier alpha value is -1.95. The summed E-state index contributed by atoms with van der Waals surface area (Å²) in [5.74, 6) is 0.467. The molecule has 0 aliphatic carbocycles. The van der Waals surface area contributed by atoms with Crippen molar-refractivity contribution in [2.75, 3.05) is 6.54 Å². The first-order valence-electron chi connectivity index (χ1n) is 6.12. The Morgan fingerprint density at radius 1 is 1.30 bits per heavy atom. The largest absolute Gasteiger partial charge is 0.488 e. The maximum Gasteiger partial charge on any atom is 0.416 e. The van der Waals surface area contributed by atoms with Gasteiger partial charge in [-0.25, -0.2) is 0 Å². The molecule has 1 unspecified atom stereocenters. The van der Waals surface area contributed by atoms with Crippen LogP contribution in [0.1, 0.15) is 11.1 Å². The number of hydrogen-bond donors (Lipinski definition) is 1. The minimum atomic E-state index is -4.39. The lowest BCUT2D eigenvalue weighted by atomic mass is 9.98. The number of benzene rings is 1. The van der Waals surface area contributed by atoms with E-state index in [0.29, 0.717) is 28.9 Å². The summed E-state index contributed by atoms with van der Waals surface area (Å²) < 4.78 is 49.5. The number of nitrogens with two attached hydrogens (primary N) is 1. The van der Waals surface area contributed by atoms with Gasteiger partial charge in [-0.2, -0.15) is 13.2 Å². The summed E-state index contributed by atoms with van der Waals surface area (Å²) in [6.07, 6.45) is -1.47. The SMILES string of the molecule is NCC1Cc2cc(C(F)(F)F)cc(-c3ccoc3)c2O1. The molecule has 2 N–H and O–H groups in total. The van der Waals surface area contributed by atoms with Crippen molar-refractivity contribution < 1.29 is 22.3 Å². The van der Waals surface area contributed by atoms with E-state index in [0.717, 1.165) is 12.1 Å². The van der Waals surface area contributed by atoms with Crippen LogP contribution in [0.3, 0.4) is 0 Å². The third-order valence-corrected chi connectivity index (χ3v) is 3.32. The highest BCUT2D eigenvalue weighted by Crippen LogP contribution is 2.43. The van der Waals surface area contributed by atoms with Crippen LogP contribution in [0.5, 0.6) is 5.75 Å². The molecule has 20 heavy (non-hydrogen) atoms. The normalized spacial score (nSPS) is 17.9. The summed E-state index contributed by atoms with van der Waals surface area (Å²) in [4.78, 5) is 0. The lowest BCUT2D eigenvalue weighted by Crippen LogP contribution is -2.24. The zero-order valence-electron chi connectivity index (χ0n) is 10.4. The van der Waals surface area contributed by atoms with Crippen LogP contribution in [-0.4, -0.2) is 12.6 Å². The molecule has 1 atom stereocenters. The van der Waals surface area contributed by atoms with E-state index in [1.54, 1.807) is 6.07 Å². The van der Waals surface area contributed by atoms with E-state index in [1.165, 1.54) is 12.5 Å². The van der Waals surface area contributed by atoms with Crippen LogP contribution in [0.15, 0.2) is 35.1 Å². The Morgan fingerprint density at radius 3 is 2.70 bits per heavy atom. The predicted octanol–water partition coefficient (Wildman–Crippen LogP) is 3.23. The lowest BCUT2D eigenvalue weighted by Gasteiger charge is -2.13. The molecule has 0 fully saturated rings. The summed E-state index contributed by atoms with van der Waals surface area (Å²) in [6, 6.07) is 3.83. The summed E-state index contributed by atoms with van der Waals surface area (Å²) in [7, 11) is 0. The Balaban J connectivity index is 2.16. The molecule has 0 amide bonds. The van der Waals surface area contributed by atoms with E-state index in [9.17, 15) is 13.2 Å². The van der Waals surface area contributed by atoms with E-state index in [1.807, 2.05) is 0 Å². The molecular weight excluding hydrogens is 271 g/mol. The van der Waals surface area contributed by atoms with Gasteiger partial charge in [-0.3, -0.25) is 0 Å². The molecule has 0 saturated heterocycles. The number of ether oxygens (including phenoxy) is 1. The van der Waals surface area contributed by atoms with Gasteiger partial charge in [-0.1, -0.05) is 0 Å². The fraction of sp³-hybridized carbons (Fsp3) is 0.286. The lowest BCUT2D eigenvalue weighted by molar-refractivity contribution is -0.137. The van der Waals surface area contributed by atoms with Gasteiger partial charge in [0.05, 0.1) is 18.1 Å². The van der Waals surface area contributed by atoms with Gasteiger partial charge in [0.2, 0.25) is 0 Å². The predicted molar refractivity (Wildman–Crippen MR) is 66.3 cm³/mol. The Kier molecular flexibility index (Phi) is 2.97. The van der Waals surface area contributed by atoms with Crippen LogP contribution in [-0.2, 0) is 12.6 Å². The zero-order chi connectivity index (χ0) is 14.3. The molecule has 0 saturated carbocycles. The van der Waals surface area contributed by atoms with Gasteiger partial charge in [0.25, 0.3) is 0 Å². The molecule has 1 aromatic carbocycles. The summed E-state index contributed by atoms with van der Waals surface area (Å²) >= 11 is 0. The first-order valence-corrected chi connectivity index (χ1v) is 6.12. The summed E-state index contributed by atoms with van der Waals surface area (Å²) in [6.45, 7) is 0.265. The van der Waals surface area contributed by atoms with Crippen molar-refractivity contribution in [2.24, 2.45) is 5.73 Å². The van der Waals surface area contributed by atoms with E-state index < -0.39 is 11.7 Å². The van der Waals surface area contributed by atoms with Crippen molar-refractivity contribution in [1.82, 2.24) is 0 Å². The zero-order valence-corrected chi connectivity index (χ0v) is 10.4. The second-order valence-electron chi connectivity index (χ2n) is 4.70. The van der Waals surface area contributed by atoms with E-state index in [4.69, 9.17) is 14.9 Å². The van der Waals surface area contributed by atoms with Gasteiger partial charge in [0.1, 0.15) is 11.9 Å². The molecular formula is C14H12F3NO2. The maximum absolute atomic E-state index is 13.0. The number of alkyl halides is 3. The van der Waals surface area contributed by atoms with Crippen LogP contribution < -0.4 is 10.5 Å². The van der Waals surface area contributed by atoms with Crippen LogP contribution in [0.4, 0.5) is 13.2 Å². The molecule has 3 rings (SSSR count). The highest BCUT2D eigenvalue weighted by atomic mass is 19.4. The van der Waals surface area contributed by atoms with Gasteiger partial charge in [-0.05, 0) is 23.8 Å². The van der Waals surface area contributed by atoms with Gasteiger partial charge in [-0.15, -0.1) is 0 Å². The fourth-order valence-corrected chi connectivity index (χ4v) is 2.36. The second kappa shape index (κ2) is 4.56. The number of furan rings is 1. The van der Waals surface area contributed by atoms with E-state index in [2.05, 4.69) is 0 Å². The highest BCUT2D eigenvalue weighted by molar-refractivity contribution is 5.73. The van der Waals surface area contributed by atoms with Crippen molar-refractivity contribution in [3.8, 4) is 16.9 Å². The third kappa shape index (κ3) is 2.16. The molecule has 106 valence electrons. The summed E-state index contributed by atoms with van der Waals surface area (Å²) in [5, 5.41) is 0. The first kappa shape index (κ1) is 13.1. The smallest absolute Gasteiger partial charge is 0.416 e. The third-order valence-electron chi connectivity index (χ3n) is 3.32. The minimum absolute atomic E-state index is 0.265. The first-order chi connectivity index (χ1) is 9.49. The fourth-order valence-electron chi connectivity index (χ4n) is 2.36. The molecule has 1 aliphatic heterocycles. The molecule has 2 aromatic rings. The quantitative estimate of drug-likeness (QED) is 0.920. The molecule has 3 nitrogen and oxygen atoms in total. The van der Waals surface area contributed by atoms with Gasteiger partial charge >= 0.3 is 6.18 Å². The Labute approximate surface area is 113 Å². The Morgan fingerprint density at radius 2 is 2.10 bits per heavy atom. The average Bonchev–Trinajstić information content (AvgIpc) is 3.05. The molecule has 1 aliphatic rings. The van der Waals surface area contributed by atoms with Crippen LogP contribution in [0.2, 0.25) is 0 Å². The molecule has 2 heterocycles. The van der Waals surface area contributed by atoms with E-state index >= 15 is 0 Å². The van der Waals surface area contributed by atoms with Gasteiger partial charge in [0.15, 0.2) is 0 Å². The highest BCUT2D eigenvalue weighted by Gasteiger charge is 2.35. The second-order valence-corrected chi connectivity index (χ2v) is 4.70.